The molecule has 0 unspecified atom stereocenters. The highest BCUT2D eigenvalue weighted by Gasteiger charge is 2.63. The Kier molecular flexibility index (Phi) is 8.66. The zero-order valence-electron chi connectivity index (χ0n) is 20.7. The van der Waals surface area contributed by atoms with Gasteiger partial charge in [0.1, 0.15) is 11.7 Å². The average Bonchev–Trinajstić information content (AvgIpc) is 3.42. The van der Waals surface area contributed by atoms with Crippen molar-refractivity contribution in [3.05, 3.63) is 74.5 Å². The number of thioether (sulfide) groups is 2. The van der Waals surface area contributed by atoms with Crippen molar-refractivity contribution in [2.75, 3.05) is 25.2 Å². The quantitative estimate of drug-likeness (QED) is 0.115. The predicted molar refractivity (Wildman–Crippen MR) is 146 cm³/mol. The van der Waals surface area contributed by atoms with Crippen LogP contribution in [0.25, 0.3) is 0 Å². The maximum absolute atomic E-state index is 14.3. The van der Waals surface area contributed by atoms with E-state index in [-0.39, 0.29) is 24.2 Å². The van der Waals surface area contributed by atoms with Crippen molar-refractivity contribution >= 4 is 58.4 Å². The Hall–Kier alpha value is -3.06. The summed E-state index contributed by atoms with van der Waals surface area (Å²) in [6, 6.07) is 14.4. The van der Waals surface area contributed by atoms with Gasteiger partial charge in [-0.3, -0.25) is 19.2 Å². The van der Waals surface area contributed by atoms with E-state index in [0.717, 1.165) is 0 Å². The van der Waals surface area contributed by atoms with Gasteiger partial charge in [0.05, 0.1) is 29.6 Å². The lowest BCUT2D eigenvalue weighted by molar-refractivity contribution is -0.157. The molecule has 2 aromatic rings. The normalized spacial score (nSPS) is 23.5. The van der Waals surface area contributed by atoms with Crippen LogP contribution in [-0.4, -0.2) is 48.5 Å². The Morgan fingerprint density at radius 2 is 1.71 bits per heavy atom. The maximum Gasteiger partial charge on any atom is 0.328 e. The number of nitrogens with zero attached hydrogens (tertiary/aromatic N) is 1. The largest absolute Gasteiger partial charge is 0.497 e. The minimum atomic E-state index is -2.30. The number of rotatable bonds is 6. The molecule has 2 aromatic carbocycles. The molecule has 0 amide bonds. The molecule has 38 heavy (non-hydrogen) atoms. The molecule has 2 fully saturated rings. The van der Waals surface area contributed by atoms with Crippen LogP contribution in [0.1, 0.15) is 35.2 Å². The van der Waals surface area contributed by atoms with E-state index in [1.807, 2.05) is 6.07 Å². The molecule has 10 heteroatoms. The molecule has 196 valence electrons. The fraction of sp³-hybridized carbons (Fsp3) is 0.321. The summed E-state index contributed by atoms with van der Waals surface area (Å²) in [4.78, 5) is 55.9. The molecular formula is C28H24ClNO6S2. The Morgan fingerprint density at radius 3 is 2.26 bits per heavy atom. The first kappa shape index (κ1) is 28.0. The summed E-state index contributed by atoms with van der Waals surface area (Å²) in [5.41, 5.74) is -1.89. The molecule has 7 nitrogen and oxygen atoms in total. The summed E-state index contributed by atoms with van der Waals surface area (Å²) < 4.78 is 11.0. The lowest BCUT2D eigenvalue weighted by atomic mass is 9.62. The standard InChI is InChI=1S/C28H24ClNO6S2/c1-3-36-27(34)28(15-30)20(16-4-8-18(29)9-5-16)14-21(31)22(26-37-12-13-38-26)25(33)23(28)24(32)17-6-10-19(35-2)11-7-17/h4-11,20,23H,3,12-14H2,1-2H3/t20-,23+,28-/m1/s1. The lowest BCUT2D eigenvalue weighted by Gasteiger charge is -2.35. The van der Waals surface area contributed by atoms with Crippen LogP contribution in [-0.2, 0) is 19.1 Å². The highest BCUT2D eigenvalue weighted by atomic mass is 35.5. The van der Waals surface area contributed by atoms with Gasteiger partial charge in [-0.1, -0.05) is 23.7 Å². The van der Waals surface area contributed by atoms with Crippen LogP contribution in [0.2, 0.25) is 5.02 Å². The van der Waals surface area contributed by atoms with E-state index >= 15 is 0 Å². The van der Waals surface area contributed by atoms with Gasteiger partial charge in [0.2, 0.25) is 0 Å². The second-order valence-electron chi connectivity index (χ2n) is 8.68. The molecule has 3 atom stereocenters. The molecule has 4 rings (SSSR count). The van der Waals surface area contributed by atoms with Crippen molar-refractivity contribution in [2.45, 2.75) is 19.3 Å². The number of hydrogen-bond acceptors (Lipinski definition) is 9. The van der Waals surface area contributed by atoms with Crippen molar-refractivity contribution in [1.82, 2.24) is 0 Å². The van der Waals surface area contributed by atoms with Gasteiger partial charge in [-0.15, -0.1) is 23.5 Å². The third-order valence-corrected chi connectivity index (χ3v) is 9.61. The number of allylic oxidation sites excluding steroid dienone is 1. The van der Waals surface area contributed by atoms with Gasteiger partial charge in [-0.2, -0.15) is 5.26 Å². The Balaban J connectivity index is 2.02. The molecule has 0 radical (unpaired) electrons. The van der Waals surface area contributed by atoms with Crippen molar-refractivity contribution in [3.8, 4) is 11.8 Å². The van der Waals surface area contributed by atoms with Crippen LogP contribution in [0.5, 0.6) is 5.75 Å². The third-order valence-electron chi connectivity index (χ3n) is 6.64. The molecule has 0 aromatic heterocycles. The summed E-state index contributed by atoms with van der Waals surface area (Å²) in [5, 5.41) is 11.1. The van der Waals surface area contributed by atoms with Crippen molar-refractivity contribution in [2.24, 2.45) is 11.3 Å². The first-order valence-electron chi connectivity index (χ1n) is 11.9. The Bertz CT molecular complexity index is 1340. The van der Waals surface area contributed by atoms with Crippen LogP contribution in [0.15, 0.2) is 58.3 Å². The second-order valence-corrected chi connectivity index (χ2v) is 11.6. The molecule has 2 aliphatic rings. The number of Topliss-reactive ketones (excluding diaryl/α,β-unsaturated/α-hetero) is 3. The molecule has 0 bridgehead atoms. The zero-order valence-corrected chi connectivity index (χ0v) is 23.1. The number of carbonyl (C=O) groups is 4. The number of ketones is 3. The van der Waals surface area contributed by atoms with E-state index in [2.05, 4.69) is 0 Å². The van der Waals surface area contributed by atoms with E-state index < -0.39 is 40.6 Å². The van der Waals surface area contributed by atoms with Gasteiger partial charge in [-0.05, 0) is 48.9 Å². The van der Waals surface area contributed by atoms with Gasteiger partial charge in [-0.25, -0.2) is 0 Å². The Labute approximate surface area is 233 Å². The lowest BCUT2D eigenvalue weighted by Crippen LogP contribution is -2.49. The van der Waals surface area contributed by atoms with E-state index in [1.165, 1.54) is 42.8 Å². The minimum absolute atomic E-state index is 0.0825. The number of hydrogen-bond donors (Lipinski definition) is 0. The maximum atomic E-state index is 14.3. The monoisotopic (exact) mass is 569 g/mol. The fourth-order valence-electron chi connectivity index (χ4n) is 4.83. The summed E-state index contributed by atoms with van der Waals surface area (Å²) in [6.07, 6.45) is -0.327. The number of ether oxygens (including phenoxy) is 2. The topological polar surface area (TPSA) is 111 Å². The summed E-state index contributed by atoms with van der Waals surface area (Å²) >= 11 is 8.81. The number of esters is 1. The third kappa shape index (κ3) is 5.00. The number of halogens is 1. The van der Waals surface area contributed by atoms with Crippen LogP contribution in [0, 0.1) is 22.7 Å². The minimum Gasteiger partial charge on any atom is -0.497 e. The molecular weight excluding hydrogens is 546 g/mol. The molecule has 0 spiro atoms. The van der Waals surface area contributed by atoms with Crippen LogP contribution < -0.4 is 4.74 Å². The molecule has 0 N–H and O–H groups in total. The zero-order chi connectivity index (χ0) is 27.4. The van der Waals surface area contributed by atoms with E-state index in [9.17, 15) is 24.4 Å². The van der Waals surface area contributed by atoms with Gasteiger partial charge in [0, 0.05) is 34.4 Å². The summed E-state index contributed by atoms with van der Waals surface area (Å²) in [6.45, 7) is 1.49. The average molecular weight is 570 g/mol. The van der Waals surface area contributed by atoms with E-state index in [1.54, 1.807) is 43.3 Å². The SMILES string of the molecule is CCOC(=O)[C@@]1(C#N)[C@@H](C(=O)c2ccc(OC)cc2)C(=O)C(=C2SCCS2)C(=O)C[C@@H]1c1ccc(Cl)cc1. The van der Waals surface area contributed by atoms with Crippen molar-refractivity contribution < 1.29 is 28.7 Å². The van der Waals surface area contributed by atoms with Gasteiger partial charge in [0.25, 0.3) is 0 Å². The first-order valence-corrected chi connectivity index (χ1v) is 14.2. The molecule has 1 aliphatic heterocycles. The van der Waals surface area contributed by atoms with Crippen LogP contribution in [0.4, 0.5) is 0 Å². The fourth-order valence-corrected chi connectivity index (χ4v) is 7.54. The Morgan fingerprint density at radius 1 is 1.08 bits per heavy atom. The molecule has 1 aliphatic carbocycles. The van der Waals surface area contributed by atoms with Crippen LogP contribution >= 0.6 is 35.1 Å². The highest BCUT2D eigenvalue weighted by molar-refractivity contribution is 8.25. The van der Waals surface area contributed by atoms with E-state index in [0.29, 0.717) is 32.1 Å². The van der Waals surface area contributed by atoms with Crippen molar-refractivity contribution in [1.29, 1.82) is 5.26 Å². The van der Waals surface area contributed by atoms with Crippen LogP contribution in [0.3, 0.4) is 0 Å². The van der Waals surface area contributed by atoms with Crippen molar-refractivity contribution in [3.63, 3.8) is 0 Å². The molecule has 1 heterocycles. The summed E-state index contributed by atoms with van der Waals surface area (Å²) in [7, 11) is 1.48. The van der Waals surface area contributed by atoms with Gasteiger partial charge in [0.15, 0.2) is 22.8 Å². The highest BCUT2D eigenvalue weighted by Crippen LogP contribution is 2.52. The predicted octanol–water partition coefficient (Wildman–Crippen LogP) is 5.24. The number of methoxy groups -OCH3 is 1. The number of nitriles is 1. The van der Waals surface area contributed by atoms with Gasteiger partial charge >= 0.3 is 5.97 Å². The smallest absolute Gasteiger partial charge is 0.328 e. The first-order chi connectivity index (χ1) is 18.3. The van der Waals surface area contributed by atoms with E-state index in [4.69, 9.17) is 21.1 Å². The molecule has 1 saturated heterocycles. The number of carbonyl (C=O) groups excluding carboxylic acids is 4. The van der Waals surface area contributed by atoms with Gasteiger partial charge < -0.3 is 9.47 Å². The molecule has 1 saturated carbocycles. The number of benzene rings is 2. The second kappa shape index (κ2) is 11.8. The summed E-state index contributed by atoms with van der Waals surface area (Å²) in [5.74, 6) is -4.17.